The highest BCUT2D eigenvalue weighted by Crippen LogP contribution is 2.45. The van der Waals surface area contributed by atoms with Crippen LogP contribution in [0.4, 0.5) is 0 Å². The van der Waals surface area contributed by atoms with Crippen molar-refractivity contribution in [2.75, 3.05) is 19.7 Å². The SMILES string of the molecule is CCOC(=O)C1=CC2(CCCCC2)C(N2CCCC2)ON1. The molecular weight excluding hydrogens is 268 g/mol. The minimum atomic E-state index is -0.303. The Morgan fingerprint density at radius 3 is 2.71 bits per heavy atom. The van der Waals surface area contributed by atoms with Crippen molar-refractivity contribution in [3.05, 3.63) is 11.8 Å². The smallest absolute Gasteiger partial charge is 0.356 e. The lowest BCUT2D eigenvalue weighted by atomic mass is 9.71. The van der Waals surface area contributed by atoms with Gasteiger partial charge in [-0.05, 0) is 38.7 Å². The lowest BCUT2D eigenvalue weighted by Crippen LogP contribution is -2.54. The third-order valence-electron chi connectivity index (χ3n) is 4.96. The van der Waals surface area contributed by atoms with Crippen molar-refractivity contribution in [2.24, 2.45) is 5.41 Å². The fraction of sp³-hybridized carbons (Fsp3) is 0.812. The van der Waals surface area contributed by atoms with E-state index in [1.54, 1.807) is 0 Å². The van der Waals surface area contributed by atoms with Crippen LogP contribution in [0.1, 0.15) is 51.9 Å². The number of ether oxygens (including phenoxy) is 1. The van der Waals surface area contributed by atoms with Gasteiger partial charge in [0.15, 0.2) is 0 Å². The van der Waals surface area contributed by atoms with Gasteiger partial charge >= 0.3 is 5.97 Å². The molecule has 1 saturated heterocycles. The topological polar surface area (TPSA) is 50.8 Å². The first kappa shape index (κ1) is 14.9. The van der Waals surface area contributed by atoms with Gasteiger partial charge in [-0.15, -0.1) is 0 Å². The second-order valence-corrected chi connectivity index (χ2v) is 6.39. The summed E-state index contributed by atoms with van der Waals surface area (Å²) in [6, 6.07) is 0. The summed E-state index contributed by atoms with van der Waals surface area (Å²) in [6.07, 6.45) is 10.5. The summed E-state index contributed by atoms with van der Waals surface area (Å²) < 4.78 is 5.11. The fourth-order valence-corrected chi connectivity index (χ4v) is 3.95. The third-order valence-corrected chi connectivity index (χ3v) is 4.96. The molecule has 1 atom stereocenters. The lowest BCUT2D eigenvalue weighted by molar-refractivity contribution is -0.174. The maximum Gasteiger partial charge on any atom is 0.356 e. The van der Waals surface area contributed by atoms with Gasteiger partial charge < -0.3 is 4.74 Å². The molecule has 0 aromatic rings. The van der Waals surface area contributed by atoms with E-state index < -0.39 is 0 Å². The summed E-state index contributed by atoms with van der Waals surface area (Å²) in [4.78, 5) is 20.4. The molecule has 1 unspecified atom stereocenters. The van der Waals surface area contributed by atoms with E-state index in [2.05, 4.69) is 16.5 Å². The zero-order chi connectivity index (χ0) is 14.7. The van der Waals surface area contributed by atoms with Crippen molar-refractivity contribution in [3.63, 3.8) is 0 Å². The van der Waals surface area contributed by atoms with Crippen LogP contribution in [0.15, 0.2) is 11.8 Å². The first-order valence-electron chi connectivity index (χ1n) is 8.31. The number of hydroxylamine groups is 1. The van der Waals surface area contributed by atoms with Crippen molar-refractivity contribution in [3.8, 4) is 0 Å². The van der Waals surface area contributed by atoms with Crippen molar-refractivity contribution < 1.29 is 14.4 Å². The van der Waals surface area contributed by atoms with E-state index in [1.165, 1.54) is 32.1 Å². The van der Waals surface area contributed by atoms with E-state index in [-0.39, 0.29) is 17.6 Å². The van der Waals surface area contributed by atoms with Gasteiger partial charge in [-0.1, -0.05) is 19.3 Å². The first-order chi connectivity index (χ1) is 10.2. The van der Waals surface area contributed by atoms with Gasteiger partial charge in [-0.25, -0.2) is 4.79 Å². The van der Waals surface area contributed by atoms with Crippen LogP contribution in [0.2, 0.25) is 0 Å². The normalized spacial score (nSPS) is 29.0. The second kappa shape index (κ2) is 6.36. The summed E-state index contributed by atoms with van der Waals surface area (Å²) in [5.41, 5.74) is 3.30. The highest BCUT2D eigenvalue weighted by Gasteiger charge is 2.46. The summed E-state index contributed by atoms with van der Waals surface area (Å²) in [7, 11) is 0. The number of carbonyl (C=O) groups is 1. The van der Waals surface area contributed by atoms with Gasteiger partial charge in [0.2, 0.25) is 0 Å². The Morgan fingerprint density at radius 2 is 2.05 bits per heavy atom. The molecule has 3 aliphatic rings. The highest BCUT2D eigenvalue weighted by atomic mass is 16.7. The number of hydrogen-bond donors (Lipinski definition) is 1. The Kier molecular flexibility index (Phi) is 4.50. The van der Waals surface area contributed by atoms with E-state index in [9.17, 15) is 4.79 Å². The number of hydrogen-bond acceptors (Lipinski definition) is 5. The molecule has 3 rings (SSSR count). The molecule has 0 aromatic heterocycles. The Bertz CT molecular complexity index is 410. The third kappa shape index (κ3) is 2.94. The van der Waals surface area contributed by atoms with E-state index >= 15 is 0 Å². The zero-order valence-corrected chi connectivity index (χ0v) is 12.9. The number of esters is 1. The number of nitrogens with zero attached hydrogens (tertiary/aromatic N) is 1. The van der Waals surface area contributed by atoms with Gasteiger partial charge in [0.1, 0.15) is 11.9 Å². The van der Waals surface area contributed by atoms with Crippen LogP contribution >= 0.6 is 0 Å². The van der Waals surface area contributed by atoms with Crippen LogP contribution < -0.4 is 5.48 Å². The molecule has 2 aliphatic heterocycles. The molecule has 2 heterocycles. The van der Waals surface area contributed by atoms with Crippen molar-refractivity contribution in [2.45, 2.75) is 58.1 Å². The number of carbonyl (C=O) groups excluding carboxylic acids is 1. The van der Waals surface area contributed by atoms with Gasteiger partial charge in [0, 0.05) is 18.5 Å². The Labute approximate surface area is 126 Å². The molecule has 2 fully saturated rings. The quantitative estimate of drug-likeness (QED) is 0.810. The van der Waals surface area contributed by atoms with Crippen LogP contribution in [0.25, 0.3) is 0 Å². The average Bonchev–Trinajstić information content (AvgIpc) is 3.02. The molecular formula is C16H26N2O3. The van der Waals surface area contributed by atoms with Crippen LogP contribution in [0.5, 0.6) is 0 Å². The van der Waals surface area contributed by atoms with Gasteiger partial charge in [-0.2, -0.15) is 0 Å². The van der Waals surface area contributed by atoms with Gasteiger partial charge in [-0.3, -0.25) is 15.2 Å². The van der Waals surface area contributed by atoms with Crippen LogP contribution in [0.3, 0.4) is 0 Å². The fourth-order valence-electron chi connectivity index (χ4n) is 3.95. The maximum absolute atomic E-state index is 12.0. The largest absolute Gasteiger partial charge is 0.461 e. The highest BCUT2D eigenvalue weighted by molar-refractivity contribution is 5.87. The minimum absolute atomic E-state index is 0.0318. The lowest BCUT2D eigenvalue weighted by Gasteiger charge is -2.47. The monoisotopic (exact) mass is 294 g/mol. The zero-order valence-electron chi connectivity index (χ0n) is 12.9. The molecule has 0 bridgehead atoms. The van der Waals surface area contributed by atoms with Crippen molar-refractivity contribution in [1.29, 1.82) is 0 Å². The van der Waals surface area contributed by atoms with E-state index in [0.29, 0.717) is 12.3 Å². The molecule has 1 spiro atoms. The molecule has 1 saturated carbocycles. The molecule has 21 heavy (non-hydrogen) atoms. The Hall–Kier alpha value is -1.07. The predicted molar refractivity (Wildman–Crippen MR) is 79.0 cm³/mol. The van der Waals surface area contributed by atoms with Gasteiger partial charge in [0.05, 0.1) is 6.61 Å². The van der Waals surface area contributed by atoms with Crippen LogP contribution in [-0.4, -0.2) is 36.8 Å². The van der Waals surface area contributed by atoms with E-state index in [4.69, 9.17) is 9.57 Å². The average molecular weight is 294 g/mol. The summed E-state index contributed by atoms with van der Waals surface area (Å²) >= 11 is 0. The molecule has 0 aromatic carbocycles. The molecule has 0 amide bonds. The Balaban J connectivity index is 1.84. The van der Waals surface area contributed by atoms with E-state index in [0.717, 1.165) is 25.9 Å². The molecule has 1 N–H and O–H groups in total. The number of likely N-dealkylation sites (tertiary alicyclic amines) is 1. The summed E-state index contributed by atoms with van der Waals surface area (Å²) in [5, 5.41) is 0. The summed E-state index contributed by atoms with van der Waals surface area (Å²) in [6.45, 7) is 4.40. The number of nitrogens with one attached hydrogen (secondary N) is 1. The van der Waals surface area contributed by atoms with Crippen molar-refractivity contribution in [1.82, 2.24) is 10.4 Å². The number of rotatable bonds is 3. The van der Waals surface area contributed by atoms with Crippen LogP contribution in [-0.2, 0) is 14.4 Å². The maximum atomic E-state index is 12.0. The molecule has 5 nitrogen and oxygen atoms in total. The predicted octanol–water partition coefficient (Wildman–Crippen LogP) is 2.34. The second-order valence-electron chi connectivity index (χ2n) is 6.39. The van der Waals surface area contributed by atoms with E-state index in [1.807, 2.05) is 6.92 Å². The molecule has 5 heteroatoms. The minimum Gasteiger partial charge on any atom is -0.461 e. The van der Waals surface area contributed by atoms with Crippen LogP contribution in [0, 0.1) is 5.41 Å². The standard InChI is InChI=1S/C16H26N2O3/c1-2-20-14(19)13-12-16(8-4-3-5-9-16)15(21-17-13)18-10-6-7-11-18/h12,15,17H,2-11H2,1H3. The molecule has 118 valence electrons. The molecule has 0 radical (unpaired) electrons. The van der Waals surface area contributed by atoms with Crippen molar-refractivity contribution >= 4 is 5.97 Å². The first-order valence-corrected chi connectivity index (χ1v) is 8.31. The van der Waals surface area contributed by atoms with Gasteiger partial charge in [0.25, 0.3) is 0 Å². The Morgan fingerprint density at radius 1 is 1.33 bits per heavy atom. The summed E-state index contributed by atoms with van der Waals surface area (Å²) in [5.74, 6) is -0.303. The molecule has 1 aliphatic carbocycles.